The summed E-state index contributed by atoms with van der Waals surface area (Å²) < 4.78 is 0. The minimum atomic E-state index is -0.546. The van der Waals surface area contributed by atoms with E-state index in [2.05, 4.69) is 4.79 Å². The van der Waals surface area contributed by atoms with Crippen LogP contribution in [0.25, 0.3) is 5.53 Å². The molecule has 0 aromatic carbocycles. The van der Waals surface area contributed by atoms with Crippen molar-refractivity contribution < 1.29 is 9.58 Å². The first-order chi connectivity index (χ1) is 4.74. The molecule has 1 aliphatic rings. The lowest BCUT2D eigenvalue weighted by Crippen LogP contribution is -1.88. The van der Waals surface area contributed by atoms with E-state index in [1.54, 1.807) is 0 Å². The van der Waals surface area contributed by atoms with Gasteiger partial charge in [-0.05, 0) is 17.7 Å². The molecule has 0 amide bonds. The Bertz CT molecular complexity index is 284. The van der Waals surface area contributed by atoms with Crippen LogP contribution in [0.15, 0.2) is 23.8 Å². The number of carbonyl (C=O) groups is 1. The Balaban J connectivity index is 2.98. The Morgan fingerprint density at radius 1 is 1.60 bits per heavy atom. The van der Waals surface area contributed by atoms with Gasteiger partial charge in [-0.25, -0.2) is 0 Å². The number of hydrogen-bond donors (Lipinski definition) is 0. The van der Waals surface area contributed by atoms with Crippen LogP contribution in [0.3, 0.4) is 0 Å². The summed E-state index contributed by atoms with van der Waals surface area (Å²) in [6.07, 6.45) is 4.38. The average molecular weight is 155 g/mol. The molecule has 3 nitrogen and oxygen atoms in total. The van der Waals surface area contributed by atoms with Crippen molar-refractivity contribution >= 4 is 22.6 Å². The number of rotatable bonds is 1. The van der Waals surface area contributed by atoms with E-state index in [1.807, 2.05) is 0 Å². The maximum atomic E-state index is 10.4. The monoisotopic (exact) mass is 154 g/mol. The van der Waals surface area contributed by atoms with E-state index in [0.29, 0.717) is 11.3 Å². The molecule has 0 bridgehead atoms. The Morgan fingerprint density at radius 3 is 2.60 bits per heavy atom. The molecule has 0 aromatic rings. The molecule has 0 N–H and O–H groups in total. The van der Waals surface area contributed by atoms with E-state index in [9.17, 15) is 4.79 Å². The first-order valence-electron chi connectivity index (χ1n) is 2.55. The zero-order valence-electron chi connectivity index (χ0n) is 4.91. The van der Waals surface area contributed by atoms with Crippen molar-refractivity contribution in [2.24, 2.45) is 0 Å². The predicted molar refractivity (Wildman–Crippen MR) is 36.7 cm³/mol. The van der Waals surface area contributed by atoms with Gasteiger partial charge in [0.15, 0.2) is 0 Å². The van der Waals surface area contributed by atoms with E-state index in [0.717, 1.165) is 0 Å². The highest BCUT2D eigenvalue weighted by atomic mass is 35.5. The minimum Gasteiger partial charge on any atom is -0.361 e. The third-order valence-electron chi connectivity index (χ3n) is 1.08. The lowest BCUT2D eigenvalue weighted by atomic mass is 10.3. The van der Waals surface area contributed by atoms with E-state index in [1.165, 1.54) is 18.2 Å². The van der Waals surface area contributed by atoms with Crippen LogP contribution in [0, 0.1) is 0 Å². The summed E-state index contributed by atoms with van der Waals surface area (Å²) >= 11 is 5.11. The molecule has 1 aliphatic carbocycles. The molecule has 0 saturated carbocycles. The van der Waals surface area contributed by atoms with Gasteiger partial charge in [0.2, 0.25) is 0 Å². The molecule has 0 heterocycles. The van der Waals surface area contributed by atoms with Crippen molar-refractivity contribution in [3.05, 3.63) is 29.3 Å². The maximum absolute atomic E-state index is 10.4. The van der Waals surface area contributed by atoms with Crippen molar-refractivity contribution in [2.45, 2.75) is 0 Å². The number of allylic oxidation sites excluding steroid dienone is 4. The largest absolute Gasteiger partial charge is 0.361 e. The van der Waals surface area contributed by atoms with Crippen molar-refractivity contribution in [1.29, 1.82) is 0 Å². The fraction of sp³-hybridized carbons (Fsp3) is 0. The molecular formula is C6H3ClN2O. The molecule has 0 saturated heterocycles. The summed E-state index contributed by atoms with van der Waals surface area (Å²) in [4.78, 5) is 13.3. The zero-order chi connectivity index (χ0) is 7.56. The van der Waals surface area contributed by atoms with Gasteiger partial charge in [0.25, 0.3) is 5.24 Å². The molecule has 1 rings (SSSR count). The summed E-state index contributed by atoms with van der Waals surface area (Å²) in [5.74, 6) is 0. The van der Waals surface area contributed by atoms with Gasteiger partial charge in [0.1, 0.15) is 0 Å². The van der Waals surface area contributed by atoms with E-state index < -0.39 is 5.24 Å². The third-order valence-corrected chi connectivity index (χ3v) is 1.30. The Kier molecular flexibility index (Phi) is 1.81. The number of hydrogen-bond acceptors (Lipinski definition) is 1. The minimum absolute atomic E-state index is 0.337. The quantitative estimate of drug-likeness (QED) is 0.315. The van der Waals surface area contributed by atoms with Crippen molar-refractivity contribution in [2.75, 3.05) is 0 Å². The molecular weight excluding hydrogens is 152 g/mol. The van der Waals surface area contributed by atoms with E-state index >= 15 is 0 Å². The number of nitrogens with zero attached hydrogens (tertiary/aromatic N) is 2. The van der Waals surface area contributed by atoms with Crippen molar-refractivity contribution in [3.8, 4) is 0 Å². The first kappa shape index (κ1) is 6.93. The molecule has 10 heavy (non-hydrogen) atoms. The first-order valence-corrected chi connectivity index (χ1v) is 2.93. The van der Waals surface area contributed by atoms with Crippen molar-refractivity contribution in [3.63, 3.8) is 0 Å². The smallest absolute Gasteiger partial charge is 0.316 e. The lowest BCUT2D eigenvalue weighted by molar-refractivity contribution is -0.108. The van der Waals surface area contributed by atoms with E-state index in [-0.39, 0.29) is 0 Å². The van der Waals surface area contributed by atoms with E-state index in [4.69, 9.17) is 17.1 Å². The Labute approximate surface area is 62.2 Å². The van der Waals surface area contributed by atoms with Gasteiger partial charge in [-0.15, -0.1) is 0 Å². The second-order valence-corrected chi connectivity index (χ2v) is 2.07. The molecule has 0 unspecified atom stereocenters. The van der Waals surface area contributed by atoms with Gasteiger partial charge in [0.05, 0.1) is 0 Å². The molecule has 50 valence electrons. The summed E-state index contributed by atoms with van der Waals surface area (Å²) in [6.45, 7) is 0. The third kappa shape index (κ3) is 1.21. The Morgan fingerprint density at radius 2 is 2.30 bits per heavy atom. The van der Waals surface area contributed by atoms with Crippen molar-refractivity contribution in [1.82, 2.24) is 0 Å². The Hall–Kier alpha value is -1.18. The van der Waals surface area contributed by atoms with Crippen LogP contribution in [0.1, 0.15) is 0 Å². The van der Waals surface area contributed by atoms with Gasteiger partial charge in [-0.2, -0.15) is 4.79 Å². The molecule has 0 aliphatic heterocycles. The van der Waals surface area contributed by atoms with Gasteiger partial charge in [0, 0.05) is 17.7 Å². The second-order valence-electron chi connectivity index (χ2n) is 1.73. The van der Waals surface area contributed by atoms with Crippen LogP contribution in [-0.4, -0.2) is 15.7 Å². The molecule has 4 heteroatoms. The molecule has 0 spiro atoms. The highest BCUT2D eigenvalue weighted by Gasteiger charge is 2.13. The summed E-state index contributed by atoms with van der Waals surface area (Å²) in [5.41, 5.74) is 8.88. The molecule has 0 aromatic heterocycles. The van der Waals surface area contributed by atoms with Crippen LogP contribution in [0.2, 0.25) is 0 Å². The molecule has 0 atom stereocenters. The topological polar surface area (TPSA) is 53.5 Å². The van der Waals surface area contributed by atoms with Crippen LogP contribution in [0.4, 0.5) is 0 Å². The van der Waals surface area contributed by atoms with Gasteiger partial charge < -0.3 is 5.53 Å². The summed E-state index contributed by atoms with van der Waals surface area (Å²) in [7, 11) is 0. The van der Waals surface area contributed by atoms with Gasteiger partial charge in [-0.3, -0.25) is 4.79 Å². The summed E-state index contributed by atoms with van der Waals surface area (Å²) in [5, 5.41) is -0.546. The van der Waals surface area contributed by atoms with Gasteiger partial charge >= 0.3 is 5.71 Å². The summed E-state index contributed by atoms with van der Waals surface area (Å²) in [6, 6.07) is 0. The lowest BCUT2D eigenvalue weighted by Gasteiger charge is -1.80. The standard InChI is InChI=1S/C6H3ClN2O/c7-6(10)4-1-2-5(3-4)9-8/h1-3H. The number of carbonyl (C=O) groups excluding carboxylic acids is 1. The van der Waals surface area contributed by atoms with Crippen LogP contribution < -0.4 is 0 Å². The highest BCUT2D eigenvalue weighted by molar-refractivity contribution is 6.68. The SMILES string of the molecule is [N-]=[N+]=C1C=CC(C(=O)Cl)=C1. The second kappa shape index (κ2) is 2.60. The number of halogens is 1. The normalized spacial score (nSPS) is 14.9. The zero-order valence-corrected chi connectivity index (χ0v) is 5.67. The average Bonchev–Trinajstić information content (AvgIpc) is 2.34. The molecule has 0 radical (unpaired) electrons. The van der Waals surface area contributed by atoms with Crippen LogP contribution >= 0.6 is 11.6 Å². The van der Waals surface area contributed by atoms with Crippen LogP contribution in [-0.2, 0) is 4.79 Å². The van der Waals surface area contributed by atoms with Gasteiger partial charge in [-0.1, -0.05) is 0 Å². The highest BCUT2D eigenvalue weighted by Crippen LogP contribution is 2.08. The maximum Gasteiger partial charge on any atom is 0.316 e. The fourth-order valence-corrected chi connectivity index (χ4v) is 0.733. The predicted octanol–water partition coefficient (Wildman–Crippen LogP) is 0.919. The molecule has 0 fully saturated rings. The van der Waals surface area contributed by atoms with Crippen LogP contribution in [0.5, 0.6) is 0 Å². The fourth-order valence-electron chi connectivity index (χ4n) is 0.615.